The Hall–Kier alpha value is -2.89. The number of fused-ring (bicyclic) bond motifs is 1. The van der Waals surface area contributed by atoms with Gasteiger partial charge in [0.1, 0.15) is 0 Å². The van der Waals surface area contributed by atoms with Gasteiger partial charge < -0.3 is 15.3 Å². The number of carboxylic acids is 3. The summed E-state index contributed by atoms with van der Waals surface area (Å²) >= 11 is 0. The van der Waals surface area contributed by atoms with Gasteiger partial charge in [-0.15, -0.1) is 0 Å². The first kappa shape index (κ1) is 12.6. The zero-order chi connectivity index (χ0) is 14.2. The zero-order valence-electron chi connectivity index (χ0n) is 9.45. The van der Waals surface area contributed by atoms with Crippen LogP contribution < -0.4 is 0 Å². The first-order chi connectivity index (χ1) is 8.93. The molecule has 0 aliphatic carbocycles. The van der Waals surface area contributed by atoms with Crippen molar-refractivity contribution in [2.45, 2.75) is 0 Å². The minimum absolute atomic E-state index is 0.0811. The third-order valence-electron chi connectivity index (χ3n) is 2.73. The predicted octanol–water partition coefficient (Wildman–Crippen LogP) is 1.93. The van der Waals surface area contributed by atoms with E-state index in [0.29, 0.717) is 0 Å². The number of benzene rings is 2. The molecular formula is C13H8O6. The van der Waals surface area contributed by atoms with Crippen molar-refractivity contribution >= 4 is 28.7 Å². The molecule has 0 radical (unpaired) electrons. The van der Waals surface area contributed by atoms with Crippen molar-refractivity contribution in [1.82, 2.24) is 0 Å². The van der Waals surface area contributed by atoms with E-state index in [-0.39, 0.29) is 27.5 Å². The first-order valence-corrected chi connectivity index (χ1v) is 5.19. The SMILES string of the molecule is O=C(O)c1ccc(C(=O)O)c2c(C(=O)O)cccc12. The molecule has 0 atom stereocenters. The van der Waals surface area contributed by atoms with Gasteiger partial charge >= 0.3 is 17.9 Å². The molecule has 0 bridgehead atoms. The topological polar surface area (TPSA) is 112 Å². The van der Waals surface area contributed by atoms with Crippen LogP contribution in [-0.4, -0.2) is 33.2 Å². The third kappa shape index (κ3) is 1.99. The lowest BCUT2D eigenvalue weighted by Gasteiger charge is -2.08. The van der Waals surface area contributed by atoms with Crippen molar-refractivity contribution in [3.63, 3.8) is 0 Å². The van der Waals surface area contributed by atoms with Crippen molar-refractivity contribution in [3.05, 3.63) is 47.0 Å². The van der Waals surface area contributed by atoms with Gasteiger partial charge in [0.2, 0.25) is 0 Å². The lowest BCUT2D eigenvalue weighted by Crippen LogP contribution is -2.07. The Bertz CT molecular complexity index is 696. The van der Waals surface area contributed by atoms with Crippen molar-refractivity contribution in [2.75, 3.05) is 0 Å². The molecule has 0 saturated carbocycles. The summed E-state index contributed by atoms with van der Waals surface area (Å²) in [4.78, 5) is 33.3. The number of hydrogen-bond donors (Lipinski definition) is 3. The Morgan fingerprint density at radius 1 is 0.684 bits per heavy atom. The lowest BCUT2D eigenvalue weighted by atomic mass is 9.95. The minimum atomic E-state index is -1.31. The van der Waals surface area contributed by atoms with E-state index in [9.17, 15) is 14.4 Å². The molecule has 2 aromatic rings. The van der Waals surface area contributed by atoms with E-state index in [4.69, 9.17) is 15.3 Å². The fourth-order valence-corrected chi connectivity index (χ4v) is 1.95. The highest BCUT2D eigenvalue weighted by Gasteiger charge is 2.20. The Kier molecular flexibility index (Phi) is 2.92. The smallest absolute Gasteiger partial charge is 0.336 e. The highest BCUT2D eigenvalue weighted by molar-refractivity contribution is 6.17. The van der Waals surface area contributed by atoms with E-state index < -0.39 is 17.9 Å². The van der Waals surface area contributed by atoms with Crippen LogP contribution in [0.1, 0.15) is 31.1 Å². The summed E-state index contributed by atoms with van der Waals surface area (Å²) in [7, 11) is 0. The summed E-state index contributed by atoms with van der Waals surface area (Å²) in [5.74, 6) is -3.87. The van der Waals surface area contributed by atoms with Crippen molar-refractivity contribution < 1.29 is 29.7 Å². The van der Waals surface area contributed by atoms with Gasteiger partial charge in [0.05, 0.1) is 16.7 Å². The van der Waals surface area contributed by atoms with Crippen molar-refractivity contribution in [3.8, 4) is 0 Å². The molecule has 6 heteroatoms. The normalized spacial score (nSPS) is 10.3. The Balaban J connectivity index is 3.01. The van der Waals surface area contributed by atoms with Gasteiger partial charge in [-0.2, -0.15) is 0 Å². The van der Waals surface area contributed by atoms with Crippen molar-refractivity contribution in [2.24, 2.45) is 0 Å². The van der Waals surface area contributed by atoms with E-state index in [1.807, 2.05) is 0 Å². The highest BCUT2D eigenvalue weighted by Crippen LogP contribution is 2.27. The molecule has 3 N–H and O–H groups in total. The maximum atomic E-state index is 11.1. The average molecular weight is 260 g/mol. The zero-order valence-corrected chi connectivity index (χ0v) is 9.45. The van der Waals surface area contributed by atoms with E-state index in [0.717, 1.165) is 12.1 Å². The maximum absolute atomic E-state index is 11.1. The highest BCUT2D eigenvalue weighted by atomic mass is 16.4. The number of aromatic carboxylic acids is 3. The monoisotopic (exact) mass is 260 g/mol. The van der Waals surface area contributed by atoms with Crippen molar-refractivity contribution in [1.29, 1.82) is 0 Å². The van der Waals surface area contributed by atoms with Gasteiger partial charge in [-0.05, 0) is 23.6 Å². The summed E-state index contributed by atoms with van der Waals surface area (Å²) in [5, 5.41) is 27.2. The molecule has 0 amide bonds. The molecule has 0 heterocycles. The number of carboxylic acid groups (broad SMARTS) is 3. The molecule has 2 rings (SSSR count). The second kappa shape index (κ2) is 4.41. The molecule has 19 heavy (non-hydrogen) atoms. The van der Waals surface area contributed by atoms with Crippen LogP contribution in [0, 0.1) is 0 Å². The average Bonchev–Trinajstić information content (AvgIpc) is 2.35. The molecule has 0 spiro atoms. The van der Waals surface area contributed by atoms with Gasteiger partial charge in [0.15, 0.2) is 0 Å². The largest absolute Gasteiger partial charge is 0.478 e. The quantitative estimate of drug-likeness (QED) is 0.777. The lowest BCUT2D eigenvalue weighted by molar-refractivity contribution is 0.0681. The maximum Gasteiger partial charge on any atom is 0.336 e. The van der Waals surface area contributed by atoms with Crippen LogP contribution in [0.3, 0.4) is 0 Å². The fourth-order valence-electron chi connectivity index (χ4n) is 1.95. The molecule has 2 aromatic carbocycles. The van der Waals surface area contributed by atoms with Crippen LogP contribution in [0.5, 0.6) is 0 Å². The standard InChI is InChI=1S/C13H8O6/c14-11(15)7-4-5-9(13(18)19)10-6(7)2-1-3-8(10)12(16)17/h1-5H,(H,14,15)(H,16,17)(H,18,19). The molecule has 0 fully saturated rings. The second-order valence-corrected chi connectivity index (χ2v) is 3.80. The summed E-state index contributed by atoms with van der Waals surface area (Å²) in [5.41, 5.74) is -0.612. The molecule has 6 nitrogen and oxygen atoms in total. The number of rotatable bonds is 3. The van der Waals surface area contributed by atoms with E-state index >= 15 is 0 Å². The predicted molar refractivity (Wildman–Crippen MR) is 64.8 cm³/mol. The van der Waals surface area contributed by atoms with Gasteiger partial charge in [-0.25, -0.2) is 14.4 Å². The Morgan fingerprint density at radius 3 is 1.68 bits per heavy atom. The first-order valence-electron chi connectivity index (χ1n) is 5.19. The Morgan fingerprint density at radius 2 is 1.16 bits per heavy atom. The Labute approximate surface area is 106 Å². The van der Waals surface area contributed by atoms with Crippen LogP contribution in [-0.2, 0) is 0 Å². The minimum Gasteiger partial charge on any atom is -0.478 e. The molecular weight excluding hydrogens is 252 g/mol. The van der Waals surface area contributed by atoms with E-state index in [1.165, 1.54) is 18.2 Å². The molecule has 0 aliphatic rings. The molecule has 0 unspecified atom stereocenters. The van der Waals surface area contributed by atoms with Crippen LogP contribution >= 0.6 is 0 Å². The van der Waals surface area contributed by atoms with E-state index in [2.05, 4.69) is 0 Å². The summed E-state index contributed by atoms with van der Waals surface area (Å²) < 4.78 is 0. The van der Waals surface area contributed by atoms with Gasteiger partial charge in [-0.3, -0.25) is 0 Å². The number of carbonyl (C=O) groups is 3. The summed E-state index contributed by atoms with van der Waals surface area (Å²) in [6.07, 6.45) is 0. The van der Waals surface area contributed by atoms with Crippen LogP contribution in [0.2, 0.25) is 0 Å². The molecule has 96 valence electrons. The second-order valence-electron chi connectivity index (χ2n) is 3.80. The summed E-state index contributed by atoms with van der Waals surface area (Å²) in [6.45, 7) is 0. The van der Waals surface area contributed by atoms with Crippen LogP contribution in [0.25, 0.3) is 10.8 Å². The van der Waals surface area contributed by atoms with E-state index in [1.54, 1.807) is 0 Å². The third-order valence-corrected chi connectivity index (χ3v) is 2.73. The molecule has 0 aromatic heterocycles. The molecule has 0 saturated heterocycles. The van der Waals surface area contributed by atoms with Crippen LogP contribution in [0.4, 0.5) is 0 Å². The van der Waals surface area contributed by atoms with Gasteiger partial charge in [0.25, 0.3) is 0 Å². The number of hydrogen-bond acceptors (Lipinski definition) is 3. The van der Waals surface area contributed by atoms with Gasteiger partial charge in [0, 0.05) is 5.39 Å². The van der Waals surface area contributed by atoms with Gasteiger partial charge in [-0.1, -0.05) is 12.1 Å². The molecule has 0 aliphatic heterocycles. The fraction of sp³-hybridized carbons (Fsp3) is 0. The summed E-state index contributed by atoms with van der Waals surface area (Å²) in [6, 6.07) is 6.25. The van der Waals surface area contributed by atoms with Crippen LogP contribution in [0.15, 0.2) is 30.3 Å².